The summed E-state index contributed by atoms with van der Waals surface area (Å²) in [6.07, 6.45) is 4.40. The van der Waals surface area contributed by atoms with Crippen molar-refractivity contribution in [3.8, 4) is 5.75 Å². The summed E-state index contributed by atoms with van der Waals surface area (Å²) in [7, 11) is 0. The van der Waals surface area contributed by atoms with Crippen LogP contribution in [0, 0.1) is 0 Å². The Kier molecular flexibility index (Phi) is 6.68. The Hall–Kier alpha value is -1.25. The normalized spacial score (nSPS) is 11.1. The Morgan fingerprint density at radius 2 is 1.79 bits per heavy atom. The number of halogens is 2. The molecule has 0 aliphatic heterocycles. The summed E-state index contributed by atoms with van der Waals surface area (Å²) < 4.78 is 5.82. The van der Waals surface area contributed by atoms with Gasteiger partial charge in [0.05, 0.1) is 0 Å². The molecule has 1 aromatic rings. The largest absolute Gasteiger partial charge is 0.490 e. The van der Waals surface area contributed by atoms with Crippen LogP contribution in [0.5, 0.6) is 5.75 Å². The zero-order valence-corrected chi connectivity index (χ0v) is 12.5. The monoisotopic (exact) mass is 298 g/mol. The van der Waals surface area contributed by atoms with Gasteiger partial charge in [0.25, 0.3) is 0 Å². The van der Waals surface area contributed by atoms with Crippen LogP contribution >= 0.6 is 23.2 Å². The SMILES string of the molecule is CC(=O)c1ccc(OCC=C(C)CC=C(Cl)Cl)cc1. The van der Waals surface area contributed by atoms with E-state index in [1.165, 1.54) is 6.92 Å². The quantitative estimate of drug-likeness (QED) is 0.550. The second kappa shape index (κ2) is 8.03. The molecule has 0 aliphatic rings. The van der Waals surface area contributed by atoms with E-state index in [0.717, 1.165) is 11.3 Å². The summed E-state index contributed by atoms with van der Waals surface area (Å²) >= 11 is 11.1. The number of ether oxygens (including phenoxy) is 1. The number of hydrogen-bond acceptors (Lipinski definition) is 2. The van der Waals surface area contributed by atoms with Crippen LogP contribution in [0.2, 0.25) is 0 Å². The molecule has 0 N–H and O–H groups in total. The van der Waals surface area contributed by atoms with Crippen LogP contribution < -0.4 is 4.74 Å². The van der Waals surface area contributed by atoms with E-state index in [0.29, 0.717) is 18.6 Å². The van der Waals surface area contributed by atoms with Gasteiger partial charge in [0.2, 0.25) is 0 Å². The number of Topliss-reactive ketones (excluding diaryl/α,β-unsaturated/α-hetero) is 1. The van der Waals surface area contributed by atoms with Crippen molar-refractivity contribution in [2.75, 3.05) is 6.61 Å². The minimum Gasteiger partial charge on any atom is -0.490 e. The molecule has 0 saturated carbocycles. The highest BCUT2D eigenvalue weighted by atomic mass is 35.5. The Labute approximate surface area is 123 Å². The lowest BCUT2D eigenvalue weighted by atomic mass is 10.1. The van der Waals surface area contributed by atoms with Crippen molar-refractivity contribution >= 4 is 29.0 Å². The number of allylic oxidation sites excluding steroid dienone is 2. The van der Waals surface area contributed by atoms with Gasteiger partial charge in [0.1, 0.15) is 16.8 Å². The van der Waals surface area contributed by atoms with Crippen molar-refractivity contribution in [2.45, 2.75) is 20.3 Å². The van der Waals surface area contributed by atoms with E-state index >= 15 is 0 Å². The Morgan fingerprint density at radius 3 is 2.32 bits per heavy atom. The van der Waals surface area contributed by atoms with Crippen molar-refractivity contribution in [2.24, 2.45) is 0 Å². The first kappa shape index (κ1) is 15.8. The molecule has 1 aromatic carbocycles. The number of hydrogen-bond donors (Lipinski definition) is 0. The van der Waals surface area contributed by atoms with Gasteiger partial charge in [-0.25, -0.2) is 0 Å². The fourth-order valence-corrected chi connectivity index (χ4v) is 1.54. The summed E-state index contributed by atoms with van der Waals surface area (Å²) in [6, 6.07) is 7.08. The van der Waals surface area contributed by atoms with Gasteiger partial charge < -0.3 is 4.74 Å². The number of ketones is 1. The van der Waals surface area contributed by atoms with Gasteiger partial charge in [0.15, 0.2) is 5.78 Å². The minimum absolute atomic E-state index is 0.0482. The highest BCUT2D eigenvalue weighted by Gasteiger charge is 1.98. The summed E-state index contributed by atoms with van der Waals surface area (Å²) in [5.41, 5.74) is 1.81. The molecule has 1 rings (SSSR count). The Morgan fingerprint density at radius 1 is 1.16 bits per heavy atom. The molecule has 0 fully saturated rings. The molecule has 0 aliphatic carbocycles. The van der Waals surface area contributed by atoms with Gasteiger partial charge in [-0.3, -0.25) is 4.79 Å². The lowest BCUT2D eigenvalue weighted by Crippen LogP contribution is -1.96. The average molecular weight is 299 g/mol. The number of rotatable bonds is 6. The van der Waals surface area contributed by atoms with Crippen LogP contribution in [0.15, 0.2) is 46.5 Å². The third kappa shape index (κ3) is 6.46. The molecule has 4 heteroatoms. The third-order valence-electron chi connectivity index (χ3n) is 2.52. The third-order valence-corrected chi connectivity index (χ3v) is 2.83. The van der Waals surface area contributed by atoms with Gasteiger partial charge in [-0.1, -0.05) is 34.9 Å². The van der Waals surface area contributed by atoms with Crippen LogP contribution in [-0.2, 0) is 0 Å². The number of carbonyl (C=O) groups excluding carboxylic acids is 1. The first-order chi connectivity index (χ1) is 8.99. The van der Waals surface area contributed by atoms with Crippen LogP contribution in [0.4, 0.5) is 0 Å². The highest BCUT2D eigenvalue weighted by Crippen LogP contribution is 2.14. The molecule has 2 nitrogen and oxygen atoms in total. The van der Waals surface area contributed by atoms with Crippen molar-refractivity contribution in [1.29, 1.82) is 0 Å². The van der Waals surface area contributed by atoms with Crippen LogP contribution in [0.25, 0.3) is 0 Å². The van der Waals surface area contributed by atoms with Crippen LogP contribution in [-0.4, -0.2) is 12.4 Å². The molecule has 0 saturated heterocycles. The molecule has 19 heavy (non-hydrogen) atoms. The summed E-state index contributed by atoms with van der Waals surface area (Å²) in [5.74, 6) is 0.784. The van der Waals surface area contributed by atoms with Crippen molar-refractivity contribution in [3.63, 3.8) is 0 Å². The van der Waals surface area contributed by atoms with Gasteiger partial charge in [-0.2, -0.15) is 0 Å². The standard InChI is InChI=1S/C15H16Cl2O2/c1-11(3-8-15(16)17)9-10-19-14-6-4-13(5-7-14)12(2)18/h4-9H,3,10H2,1-2H3. The van der Waals surface area contributed by atoms with E-state index in [1.807, 2.05) is 13.0 Å². The predicted molar refractivity (Wildman–Crippen MR) is 80.1 cm³/mol. The average Bonchev–Trinajstić information content (AvgIpc) is 2.37. The maximum atomic E-state index is 11.1. The van der Waals surface area contributed by atoms with E-state index in [9.17, 15) is 4.79 Å². The van der Waals surface area contributed by atoms with E-state index in [-0.39, 0.29) is 10.3 Å². The maximum absolute atomic E-state index is 11.1. The molecular formula is C15H16Cl2O2. The minimum atomic E-state index is 0.0482. The van der Waals surface area contributed by atoms with Crippen LogP contribution in [0.3, 0.4) is 0 Å². The van der Waals surface area contributed by atoms with E-state index < -0.39 is 0 Å². The lowest BCUT2D eigenvalue weighted by molar-refractivity contribution is 0.101. The first-order valence-electron chi connectivity index (χ1n) is 5.89. The van der Waals surface area contributed by atoms with E-state index in [1.54, 1.807) is 30.3 Å². The van der Waals surface area contributed by atoms with Gasteiger partial charge in [-0.05, 0) is 50.6 Å². The van der Waals surface area contributed by atoms with Crippen molar-refractivity contribution < 1.29 is 9.53 Å². The molecule has 0 heterocycles. The second-order valence-corrected chi connectivity index (χ2v) is 5.15. The highest BCUT2D eigenvalue weighted by molar-refractivity contribution is 6.55. The summed E-state index contributed by atoms with van der Waals surface area (Å²) in [4.78, 5) is 11.1. The number of benzene rings is 1. The van der Waals surface area contributed by atoms with Gasteiger partial charge in [-0.15, -0.1) is 0 Å². The molecule has 0 atom stereocenters. The molecule has 0 unspecified atom stereocenters. The Balaban J connectivity index is 2.46. The Bertz CT molecular complexity index is 483. The number of carbonyl (C=O) groups is 1. The molecule has 0 spiro atoms. The maximum Gasteiger partial charge on any atom is 0.159 e. The van der Waals surface area contributed by atoms with Gasteiger partial charge >= 0.3 is 0 Å². The van der Waals surface area contributed by atoms with E-state index in [4.69, 9.17) is 27.9 Å². The lowest BCUT2D eigenvalue weighted by Gasteiger charge is -2.04. The van der Waals surface area contributed by atoms with Crippen LogP contribution in [0.1, 0.15) is 30.6 Å². The molecule has 102 valence electrons. The van der Waals surface area contributed by atoms with Crippen molar-refractivity contribution in [3.05, 3.63) is 52.0 Å². The molecular weight excluding hydrogens is 283 g/mol. The predicted octanol–water partition coefficient (Wildman–Crippen LogP) is 4.92. The van der Waals surface area contributed by atoms with Crippen molar-refractivity contribution in [1.82, 2.24) is 0 Å². The van der Waals surface area contributed by atoms with Gasteiger partial charge in [0, 0.05) is 5.56 Å². The van der Waals surface area contributed by atoms with E-state index in [2.05, 4.69) is 0 Å². The summed E-state index contributed by atoms with van der Waals surface area (Å²) in [6.45, 7) is 3.99. The summed E-state index contributed by atoms with van der Waals surface area (Å²) in [5, 5.41) is 0. The smallest absolute Gasteiger partial charge is 0.159 e. The molecule has 0 amide bonds. The second-order valence-electron chi connectivity index (χ2n) is 4.14. The molecule has 0 aromatic heterocycles. The first-order valence-corrected chi connectivity index (χ1v) is 6.65. The molecule has 0 bridgehead atoms. The fourth-order valence-electron chi connectivity index (χ4n) is 1.39. The fraction of sp³-hybridized carbons (Fsp3) is 0.267. The topological polar surface area (TPSA) is 26.3 Å². The zero-order chi connectivity index (χ0) is 14.3. The zero-order valence-electron chi connectivity index (χ0n) is 11.0. The molecule has 0 radical (unpaired) electrons.